The van der Waals surface area contributed by atoms with E-state index < -0.39 is 4.92 Å². The molecule has 0 atom stereocenters. The fraction of sp³-hybridized carbons (Fsp3) is 0.100. The average Bonchev–Trinajstić information content (AvgIpc) is 3.16. The van der Waals surface area contributed by atoms with Gasteiger partial charge in [-0.3, -0.25) is 0 Å². The van der Waals surface area contributed by atoms with Crippen LogP contribution in [-0.2, 0) is 0 Å². The van der Waals surface area contributed by atoms with Crippen molar-refractivity contribution in [1.29, 1.82) is 5.26 Å². The van der Waals surface area contributed by atoms with Gasteiger partial charge in [-0.05, 0) is 0 Å². The molecule has 3 aromatic rings. The fourth-order valence-corrected chi connectivity index (χ4v) is 4.13. The maximum atomic E-state index is 10.8. The molecule has 0 aliphatic carbocycles. The van der Waals surface area contributed by atoms with Crippen molar-refractivity contribution in [3.05, 3.63) is 73.7 Å². The van der Waals surface area contributed by atoms with Gasteiger partial charge in [0.2, 0.25) is 0 Å². The topological polar surface area (TPSA) is 83.1 Å². The fourth-order valence-electron chi connectivity index (χ4n) is 2.46. The minimum atomic E-state index is -0.427. The van der Waals surface area contributed by atoms with E-state index in [-0.39, 0.29) is 20.2 Å². The molecule has 0 saturated heterocycles. The number of allylic oxidation sites excluding steroid dienone is 1. The molecule has 0 bridgehead atoms. The molecule has 0 unspecified atom stereocenters. The Kier molecular flexibility index (Phi) is 5.51. The number of hydrogen-bond acceptors (Lipinski definition) is 5. The number of aromatic nitrogens is 1. The molecule has 0 aliphatic rings. The van der Waals surface area contributed by atoms with Crippen LogP contribution in [0.3, 0.4) is 0 Å². The Bertz CT molecular complexity index is 1030. The van der Waals surface area contributed by atoms with Crippen molar-refractivity contribution in [3.8, 4) is 17.3 Å². The number of anilines is 1. The zero-order valence-corrected chi connectivity index (χ0v) is 16.5. The van der Waals surface area contributed by atoms with E-state index in [0.29, 0.717) is 5.57 Å². The molecular formula is C20H16N4O2Se. The summed E-state index contributed by atoms with van der Waals surface area (Å²) in [5.74, 6) is 0. The molecular weight excluding hydrogens is 407 g/mol. The molecule has 0 spiro atoms. The Morgan fingerprint density at radius 3 is 2.41 bits per heavy atom. The predicted octanol–water partition coefficient (Wildman–Crippen LogP) is 3.84. The van der Waals surface area contributed by atoms with Crippen LogP contribution in [0, 0.1) is 21.4 Å². The molecule has 0 amide bonds. The molecule has 3 rings (SSSR count). The van der Waals surface area contributed by atoms with Crippen LogP contribution in [0.25, 0.3) is 22.9 Å². The molecule has 134 valence electrons. The van der Waals surface area contributed by atoms with Crippen molar-refractivity contribution >= 4 is 37.5 Å². The molecule has 27 heavy (non-hydrogen) atoms. The van der Waals surface area contributed by atoms with Gasteiger partial charge in [0.25, 0.3) is 0 Å². The molecule has 1 heterocycles. The second-order valence-corrected chi connectivity index (χ2v) is 7.80. The van der Waals surface area contributed by atoms with E-state index in [9.17, 15) is 15.4 Å². The van der Waals surface area contributed by atoms with E-state index in [1.165, 1.54) is 12.1 Å². The van der Waals surface area contributed by atoms with E-state index in [1.54, 1.807) is 12.1 Å². The molecule has 0 fully saturated rings. The van der Waals surface area contributed by atoms with Crippen LogP contribution >= 0.6 is 0 Å². The Balaban J connectivity index is 1.86. The van der Waals surface area contributed by atoms with Crippen LogP contribution in [0.1, 0.15) is 10.1 Å². The molecule has 0 saturated carbocycles. The number of nitriles is 1. The van der Waals surface area contributed by atoms with Gasteiger partial charge < -0.3 is 0 Å². The molecule has 0 aliphatic heterocycles. The SMILES string of the molecule is CN(C)c1ccc(C=C(C#N)c2nc(-c3ccc([N+](=O)[O-])cc3)c[se]2)cc1. The van der Waals surface area contributed by atoms with Crippen molar-refractivity contribution in [2.24, 2.45) is 0 Å². The number of benzene rings is 2. The average molecular weight is 423 g/mol. The van der Waals surface area contributed by atoms with Crippen molar-refractivity contribution in [3.63, 3.8) is 0 Å². The predicted molar refractivity (Wildman–Crippen MR) is 108 cm³/mol. The van der Waals surface area contributed by atoms with Crippen LogP contribution < -0.4 is 4.90 Å². The third-order valence-electron chi connectivity index (χ3n) is 3.95. The zero-order chi connectivity index (χ0) is 19.4. The standard InChI is InChI=1S/C20H16N4O2Se/c1-23(2)17-7-3-14(4-8-17)11-16(12-21)20-22-19(13-27-20)15-5-9-18(10-6-15)24(25)26/h3-11,13H,1-2H3. The van der Waals surface area contributed by atoms with E-state index in [4.69, 9.17) is 0 Å². The van der Waals surface area contributed by atoms with Crippen LogP contribution in [0.2, 0.25) is 0 Å². The number of non-ortho nitro benzene ring substituents is 1. The van der Waals surface area contributed by atoms with E-state index in [1.807, 2.05) is 54.3 Å². The van der Waals surface area contributed by atoms with Crippen LogP contribution in [0.15, 0.2) is 53.5 Å². The molecule has 1 aromatic heterocycles. The first-order valence-corrected chi connectivity index (χ1v) is 9.92. The molecule has 6 nitrogen and oxygen atoms in total. The Morgan fingerprint density at radius 1 is 1.19 bits per heavy atom. The summed E-state index contributed by atoms with van der Waals surface area (Å²) in [7, 11) is 3.96. The first kappa shape index (κ1) is 18.6. The van der Waals surface area contributed by atoms with Gasteiger partial charge in [-0.25, -0.2) is 0 Å². The van der Waals surface area contributed by atoms with Crippen molar-refractivity contribution < 1.29 is 4.92 Å². The normalized spacial score (nSPS) is 11.1. The van der Waals surface area contributed by atoms with Gasteiger partial charge in [0.15, 0.2) is 0 Å². The van der Waals surface area contributed by atoms with Gasteiger partial charge in [-0.2, -0.15) is 0 Å². The number of hydrogen-bond donors (Lipinski definition) is 0. The summed E-state index contributed by atoms with van der Waals surface area (Å²) < 4.78 is 0.759. The quantitative estimate of drug-likeness (QED) is 0.270. The maximum absolute atomic E-state index is 10.8. The Labute approximate surface area is 162 Å². The van der Waals surface area contributed by atoms with Crippen LogP contribution in [0.4, 0.5) is 11.4 Å². The summed E-state index contributed by atoms with van der Waals surface area (Å²) in [4.78, 5) is 18.9. The van der Waals surface area contributed by atoms with E-state index in [0.717, 1.165) is 27.1 Å². The van der Waals surface area contributed by atoms with Gasteiger partial charge in [-0.1, -0.05) is 0 Å². The van der Waals surface area contributed by atoms with Crippen molar-refractivity contribution in [2.75, 3.05) is 19.0 Å². The number of nitro benzene ring substituents is 1. The Hall–Kier alpha value is -3.20. The number of nitrogens with zero attached hydrogens (tertiary/aromatic N) is 4. The second-order valence-electron chi connectivity index (χ2n) is 6.00. The first-order valence-electron chi connectivity index (χ1n) is 8.08. The van der Waals surface area contributed by atoms with E-state index in [2.05, 4.69) is 11.1 Å². The summed E-state index contributed by atoms with van der Waals surface area (Å²) >= 11 is -0.0533. The van der Waals surface area contributed by atoms with Gasteiger partial charge in [-0.15, -0.1) is 0 Å². The number of nitro groups is 1. The molecule has 7 heteroatoms. The van der Waals surface area contributed by atoms with Gasteiger partial charge >= 0.3 is 163 Å². The molecule has 0 N–H and O–H groups in total. The van der Waals surface area contributed by atoms with Gasteiger partial charge in [0.1, 0.15) is 0 Å². The monoisotopic (exact) mass is 424 g/mol. The van der Waals surface area contributed by atoms with Crippen LogP contribution in [-0.4, -0.2) is 38.5 Å². The molecule has 2 aromatic carbocycles. The number of rotatable bonds is 5. The van der Waals surface area contributed by atoms with Crippen molar-refractivity contribution in [2.45, 2.75) is 0 Å². The van der Waals surface area contributed by atoms with Crippen molar-refractivity contribution in [1.82, 2.24) is 4.98 Å². The Morgan fingerprint density at radius 2 is 1.85 bits per heavy atom. The van der Waals surface area contributed by atoms with Gasteiger partial charge in [0.05, 0.1) is 0 Å². The molecule has 0 radical (unpaired) electrons. The third kappa shape index (κ3) is 4.32. The first-order chi connectivity index (χ1) is 13.0. The van der Waals surface area contributed by atoms with E-state index >= 15 is 0 Å². The van der Waals surface area contributed by atoms with Gasteiger partial charge in [0, 0.05) is 0 Å². The summed E-state index contributed by atoms with van der Waals surface area (Å²) in [5.41, 5.74) is 4.19. The van der Waals surface area contributed by atoms with Crippen LogP contribution in [0.5, 0.6) is 0 Å². The summed E-state index contributed by atoms with van der Waals surface area (Å²) in [5, 5.41) is 20.3. The summed E-state index contributed by atoms with van der Waals surface area (Å²) in [6.07, 6.45) is 1.84. The zero-order valence-electron chi connectivity index (χ0n) is 14.8. The summed E-state index contributed by atoms with van der Waals surface area (Å²) in [6, 6.07) is 16.5. The minimum absolute atomic E-state index is 0.0471. The third-order valence-corrected chi connectivity index (χ3v) is 5.79. The summed E-state index contributed by atoms with van der Waals surface area (Å²) in [6.45, 7) is 0. The second kappa shape index (κ2) is 8.00.